The molecule has 0 aliphatic carbocycles. The summed E-state index contributed by atoms with van der Waals surface area (Å²) in [6.07, 6.45) is 3.59. The van der Waals surface area contributed by atoms with Crippen LogP contribution in [0, 0.1) is 12.7 Å². The van der Waals surface area contributed by atoms with Gasteiger partial charge in [0.1, 0.15) is 17.2 Å². The van der Waals surface area contributed by atoms with Crippen molar-refractivity contribution in [2.24, 2.45) is 0 Å². The molecule has 1 unspecified atom stereocenters. The first-order valence-electron chi connectivity index (χ1n) is 6.46. The van der Waals surface area contributed by atoms with Gasteiger partial charge in [-0.15, -0.1) is 0 Å². The van der Waals surface area contributed by atoms with Crippen molar-refractivity contribution in [3.63, 3.8) is 0 Å². The third kappa shape index (κ3) is 2.18. The Balaban J connectivity index is 2.10. The number of fused-ring (bicyclic) bond motifs is 1. The third-order valence-corrected chi connectivity index (χ3v) is 3.46. The van der Waals surface area contributed by atoms with Gasteiger partial charge in [0.05, 0.1) is 6.04 Å². The Labute approximate surface area is 116 Å². The quantitative estimate of drug-likeness (QED) is 0.790. The molecule has 4 heteroatoms. The summed E-state index contributed by atoms with van der Waals surface area (Å²) in [4.78, 5) is 4.17. The molecule has 0 radical (unpaired) electrons. The molecule has 3 aromatic rings. The fraction of sp³-hybridized carbons (Fsp3) is 0.188. The van der Waals surface area contributed by atoms with Gasteiger partial charge in [-0.2, -0.15) is 0 Å². The highest BCUT2D eigenvalue weighted by atomic mass is 19.1. The molecule has 0 fully saturated rings. The maximum atomic E-state index is 13.2. The van der Waals surface area contributed by atoms with E-state index in [2.05, 4.69) is 10.3 Å². The van der Waals surface area contributed by atoms with Crippen LogP contribution in [0.25, 0.3) is 11.0 Å². The molecule has 2 aromatic heterocycles. The van der Waals surface area contributed by atoms with Crippen LogP contribution in [0.4, 0.5) is 4.39 Å². The van der Waals surface area contributed by atoms with E-state index in [9.17, 15) is 4.39 Å². The van der Waals surface area contributed by atoms with Gasteiger partial charge in [0, 0.05) is 17.8 Å². The van der Waals surface area contributed by atoms with Gasteiger partial charge >= 0.3 is 0 Å². The van der Waals surface area contributed by atoms with Crippen molar-refractivity contribution < 1.29 is 8.81 Å². The predicted molar refractivity (Wildman–Crippen MR) is 76.0 cm³/mol. The van der Waals surface area contributed by atoms with E-state index in [1.165, 1.54) is 12.1 Å². The standard InChI is InChI=1S/C16H15FN2O/c1-10-5-6-19-9-13(10)16(18-2)15-8-11-7-12(17)3-4-14(11)20-15/h3-9,16,18H,1-2H3. The molecule has 1 atom stereocenters. The normalized spacial score (nSPS) is 12.8. The van der Waals surface area contributed by atoms with Crippen LogP contribution in [-0.2, 0) is 0 Å². The number of pyridine rings is 1. The number of benzene rings is 1. The number of hydrogen-bond acceptors (Lipinski definition) is 3. The molecule has 0 amide bonds. The van der Waals surface area contributed by atoms with Gasteiger partial charge in [-0.05, 0) is 55.4 Å². The first-order valence-corrected chi connectivity index (χ1v) is 6.46. The Hall–Kier alpha value is -2.20. The lowest BCUT2D eigenvalue weighted by Gasteiger charge is -2.15. The monoisotopic (exact) mass is 270 g/mol. The number of nitrogens with one attached hydrogen (secondary N) is 1. The summed E-state index contributed by atoms with van der Waals surface area (Å²) in [5.74, 6) is 0.493. The van der Waals surface area contributed by atoms with E-state index in [1.807, 2.05) is 32.3 Å². The maximum absolute atomic E-state index is 13.2. The van der Waals surface area contributed by atoms with Gasteiger partial charge in [-0.3, -0.25) is 4.98 Å². The summed E-state index contributed by atoms with van der Waals surface area (Å²) in [5.41, 5.74) is 2.86. The van der Waals surface area contributed by atoms with E-state index in [-0.39, 0.29) is 11.9 Å². The molecule has 1 aromatic carbocycles. The van der Waals surface area contributed by atoms with Crippen LogP contribution >= 0.6 is 0 Å². The molecule has 0 aliphatic heterocycles. The van der Waals surface area contributed by atoms with Crippen molar-refractivity contribution in [2.45, 2.75) is 13.0 Å². The molecule has 0 bridgehead atoms. The van der Waals surface area contributed by atoms with Gasteiger partial charge < -0.3 is 9.73 Å². The van der Waals surface area contributed by atoms with E-state index >= 15 is 0 Å². The minimum Gasteiger partial charge on any atom is -0.459 e. The number of halogens is 1. The van der Waals surface area contributed by atoms with Crippen molar-refractivity contribution in [3.8, 4) is 0 Å². The first kappa shape index (κ1) is 12.8. The highest BCUT2D eigenvalue weighted by Crippen LogP contribution is 2.29. The van der Waals surface area contributed by atoms with Crippen molar-refractivity contribution in [3.05, 3.63) is 65.4 Å². The van der Waals surface area contributed by atoms with Crippen molar-refractivity contribution in [1.29, 1.82) is 0 Å². The molecule has 102 valence electrons. The maximum Gasteiger partial charge on any atom is 0.134 e. The molecule has 1 N–H and O–H groups in total. The van der Waals surface area contributed by atoms with Gasteiger partial charge in [0.2, 0.25) is 0 Å². The zero-order valence-electron chi connectivity index (χ0n) is 11.4. The highest BCUT2D eigenvalue weighted by molar-refractivity contribution is 5.78. The van der Waals surface area contributed by atoms with Gasteiger partial charge in [0.25, 0.3) is 0 Å². The largest absolute Gasteiger partial charge is 0.459 e. The summed E-state index contributed by atoms with van der Waals surface area (Å²) in [6, 6.07) is 8.26. The fourth-order valence-corrected chi connectivity index (χ4v) is 2.41. The predicted octanol–water partition coefficient (Wildman–Crippen LogP) is 3.58. The second kappa shape index (κ2) is 5.06. The van der Waals surface area contributed by atoms with Crippen LogP contribution in [0.5, 0.6) is 0 Å². The molecular weight excluding hydrogens is 255 g/mol. The Morgan fingerprint density at radius 2 is 2.10 bits per heavy atom. The molecule has 0 aliphatic rings. The smallest absolute Gasteiger partial charge is 0.134 e. The Morgan fingerprint density at radius 1 is 1.25 bits per heavy atom. The van der Waals surface area contributed by atoms with E-state index in [0.717, 1.165) is 22.3 Å². The molecule has 20 heavy (non-hydrogen) atoms. The van der Waals surface area contributed by atoms with Crippen LogP contribution in [0.2, 0.25) is 0 Å². The zero-order chi connectivity index (χ0) is 14.1. The van der Waals surface area contributed by atoms with Crippen molar-refractivity contribution in [1.82, 2.24) is 10.3 Å². The van der Waals surface area contributed by atoms with E-state index in [0.29, 0.717) is 5.58 Å². The van der Waals surface area contributed by atoms with Crippen LogP contribution in [-0.4, -0.2) is 12.0 Å². The number of nitrogens with zero attached hydrogens (tertiary/aromatic N) is 1. The summed E-state index contributed by atoms with van der Waals surface area (Å²) < 4.78 is 19.1. The Morgan fingerprint density at radius 3 is 2.85 bits per heavy atom. The number of aromatic nitrogens is 1. The summed E-state index contributed by atoms with van der Waals surface area (Å²) in [7, 11) is 1.87. The van der Waals surface area contributed by atoms with E-state index < -0.39 is 0 Å². The topological polar surface area (TPSA) is 38.1 Å². The molecule has 0 saturated carbocycles. The minimum atomic E-state index is -0.261. The summed E-state index contributed by atoms with van der Waals surface area (Å²) >= 11 is 0. The van der Waals surface area contributed by atoms with Gasteiger partial charge in [-0.25, -0.2) is 4.39 Å². The number of aryl methyl sites for hydroxylation is 1. The molecule has 2 heterocycles. The Bertz CT molecular complexity index is 751. The Kier molecular flexibility index (Phi) is 3.24. The SMILES string of the molecule is CNC(c1cc2cc(F)ccc2o1)c1cnccc1C. The summed E-state index contributed by atoms with van der Waals surface area (Å²) in [5, 5.41) is 3.99. The fourth-order valence-electron chi connectivity index (χ4n) is 2.41. The molecule has 0 spiro atoms. The first-order chi connectivity index (χ1) is 9.69. The second-order valence-electron chi connectivity index (χ2n) is 4.78. The lowest BCUT2D eigenvalue weighted by atomic mass is 10.0. The zero-order valence-corrected chi connectivity index (χ0v) is 11.4. The molecule has 3 rings (SSSR count). The van der Waals surface area contributed by atoms with E-state index in [1.54, 1.807) is 12.3 Å². The van der Waals surface area contributed by atoms with Crippen LogP contribution < -0.4 is 5.32 Å². The minimum absolute atomic E-state index is 0.0980. The summed E-state index contributed by atoms with van der Waals surface area (Å²) in [6.45, 7) is 2.03. The van der Waals surface area contributed by atoms with Crippen LogP contribution in [0.15, 0.2) is 47.1 Å². The van der Waals surface area contributed by atoms with Crippen LogP contribution in [0.1, 0.15) is 22.9 Å². The lowest BCUT2D eigenvalue weighted by molar-refractivity contribution is 0.489. The molecule has 3 nitrogen and oxygen atoms in total. The van der Waals surface area contributed by atoms with Gasteiger partial charge in [-0.1, -0.05) is 0 Å². The average molecular weight is 270 g/mol. The van der Waals surface area contributed by atoms with Crippen LogP contribution in [0.3, 0.4) is 0 Å². The number of rotatable bonds is 3. The third-order valence-electron chi connectivity index (χ3n) is 3.46. The lowest BCUT2D eigenvalue weighted by Crippen LogP contribution is -2.18. The number of furan rings is 1. The highest BCUT2D eigenvalue weighted by Gasteiger charge is 2.18. The van der Waals surface area contributed by atoms with Gasteiger partial charge in [0.15, 0.2) is 0 Å². The van der Waals surface area contributed by atoms with E-state index in [4.69, 9.17) is 4.42 Å². The molecule has 0 saturated heterocycles. The second-order valence-corrected chi connectivity index (χ2v) is 4.78. The number of hydrogen-bond donors (Lipinski definition) is 1. The molecular formula is C16H15FN2O. The van der Waals surface area contributed by atoms with Crippen molar-refractivity contribution in [2.75, 3.05) is 7.05 Å². The van der Waals surface area contributed by atoms with Crippen molar-refractivity contribution >= 4 is 11.0 Å². The average Bonchev–Trinajstić information content (AvgIpc) is 2.84.